The van der Waals surface area contributed by atoms with Gasteiger partial charge in [-0.2, -0.15) is 0 Å². The molecule has 1 fully saturated rings. The predicted molar refractivity (Wildman–Crippen MR) is 117 cm³/mol. The molecule has 1 amide bonds. The summed E-state index contributed by atoms with van der Waals surface area (Å²) in [5.41, 5.74) is 3.87. The lowest BCUT2D eigenvalue weighted by Gasteiger charge is -2.33. The fraction of sp³-hybridized carbons (Fsp3) is 0.292. The molecule has 1 atom stereocenters. The van der Waals surface area contributed by atoms with Crippen LogP contribution in [0.3, 0.4) is 0 Å². The van der Waals surface area contributed by atoms with Gasteiger partial charge in [0.1, 0.15) is 11.6 Å². The van der Waals surface area contributed by atoms with Crippen LogP contribution in [0.15, 0.2) is 54.7 Å². The summed E-state index contributed by atoms with van der Waals surface area (Å²) in [7, 11) is 0. The molecule has 0 spiro atoms. The van der Waals surface area contributed by atoms with Crippen molar-refractivity contribution in [2.45, 2.75) is 26.7 Å². The molecule has 1 saturated heterocycles. The Bertz CT molecular complexity index is 1030. The molecule has 2 heterocycles. The lowest BCUT2D eigenvalue weighted by molar-refractivity contribution is -0.120. The number of carbonyl (C=O) groups is 1. The zero-order valence-electron chi connectivity index (χ0n) is 17.2. The number of hydrogen-bond donors (Lipinski definition) is 1. The van der Waals surface area contributed by atoms with Gasteiger partial charge in [0.05, 0.1) is 5.92 Å². The lowest BCUT2D eigenvalue weighted by atomic mass is 9.97. The zero-order valence-corrected chi connectivity index (χ0v) is 17.2. The molecule has 3 aromatic rings. The minimum Gasteiger partial charge on any atom is -0.356 e. The number of aryl methyl sites for hydroxylation is 2. The number of piperidine rings is 1. The van der Waals surface area contributed by atoms with E-state index in [1.807, 2.05) is 32.0 Å². The summed E-state index contributed by atoms with van der Waals surface area (Å²) in [4.78, 5) is 24.0. The first-order chi connectivity index (χ1) is 14.5. The second-order valence-electron chi connectivity index (χ2n) is 7.90. The number of rotatable bonds is 4. The van der Waals surface area contributed by atoms with E-state index in [2.05, 4.69) is 26.3 Å². The predicted octanol–water partition coefficient (Wildman–Crippen LogP) is 4.75. The van der Waals surface area contributed by atoms with Gasteiger partial charge in [-0.3, -0.25) is 4.79 Å². The zero-order chi connectivity index (χ0) is 21.1. The van der Waals surface area contributed by atoms with Crippen molar-refractivity contribution < 1.29 is 9.18 Å². The van der Waals surface area contributed by atoms with Gasteiger partial charge in [0.15, 0.2) is 5.82 Å². The van der Waals surface area contributed by atoms with Crippen molar-refractivity contribution in [3.05, 3.63) is 71.7 Å². The number of anilines is 2. The van der Waals surface area contributed by atoms with E-state index in [9.17, 15) is 9.18 Å². The summed E-state index contributed by atoms with van der Waals surface area (Å²) in [6.45, 7) is 5.50. The van der Waals surface area contributed by atoms with Gasteiger partial charge in [-0.1, -0.05) is 6.07 Å². The van der Waals surface area contributed by atoms with Crippen molar-refractivity contribution in [3.8, 4) is 11.4 Å². The van der Waals surface area contributed by atoms with Crippen molar-refractivity contribution in [3.63, 3.8) is 0 Å². The Morgan fingerprint density at radius 1 is 1.10 bits per heavy atom. The second-order valence-corrected chi connectivity index (χ2v) is 7.90. The van der Waals surface area contributed by atoms with Crippen LogP contribution in [0.4, 0.5) is 15.9 Å². The van der Waals surface area contributed by atoms with Crippen molar-refractivity contribution in [2.75, 3.05) is 23.3 Å². The number of amides is 1. The average molecular weight is 404 g/mol. The van der Waals surface area contributed by atoms with E-state index >= 15 is 0 Å². The topological polar surface area (TPSA) is 58.1 Å². The molecule has 4 rings (SSSR count). The molecule has 6 heteroatoms. The van der Waals surface area contributed by atoms with E-state index < -0.39 is 0 Å². The Kier molecular flexibility index (Phi) is 5.74. The Morgan fingerprint density at radius 3 is 2.57 bits per heavy atom. The van der Waals surface area contributed by atoms with Crippen LogP contribution in [0.5, 0.6) is 0 Å². The van der Waals surface area contributed by atoms with Crippen LogP contribution < -0.4 is 10.2 Å². The molecular weight excluding hydrogens is 379 g/mol. The van der Waals surface area contributed by atoms with Crippen molar-refractivity contribution in [1.82, 2.24) is 9.97 Å². The number of hydrogen-bond acceptors (Lipinski definition) is 4. The smallest absolute Gasteiger partial charge is 0.229 e. The van der Waals surface area contributed by atoms with Gasteiger partial charge in [-0.25, -0.2) is 14.4 Å². The van der Waals surface area contributed by atoms with Crippen LogP contribution in [0, 0.1) is 25.6 Å². The SMILES string of the molecule is Cc1cc(C)cc(NC(=O)C2CCCN(c3ccnc(-c4ccc(F)cc4)n3)C2)c1. The van der Waals surface area contributed by atoms with Crippen LogP contribution in [0.25, 0.3) is 11.4 Å². The summed E-state index contributed by atoms with van der Waals surface area (Å²) in [6, 6.07) is 14.1. The van der Waals surface area contributed by atoms with Gasteiger partial charge in [0.25, 0.3) is 0 Å². The number of aromatic nitrogens is 2. The third-order valence-electron chi connectivity index (χ3n) is 5.35. The molecule has 1 unspecified atom stereocenters. The van der Waals surface area contributed by atoms with Gasteiger partial charge >= 0.3 is 0 Å². The van der Waals surface area contributed by atoms with Crippen LogP contribution in [0.2, 0.25) is 0 Å². The molecule has 1 aromatic heterocycles. The number of nitrogens with zero attached hydrogens (tertiary/aromatic N) is 3. The summed E-state index contributed by atoms with van der Waals surface area (Å²) in [5, 5.41) is 3.07. The molecule has 1 aliphatic heterocycles. The average Bonchev–Trinajstić information content (AvgIpc) is 2.74. The van der Waals surface area contributed by atoms with E-state index in [-0.39, 0.29) is 17.6 Å². The maximum atomic E-state index is 13.2. The van der Waals surface area contributed by atoms with Gasteiger partial charge in [-0.15, -0.1) is 0 Å². The summed E-state index contributed by atoms with van der Waals surface area (Å²) >= 11 is 0. The molecular formula is C24H25FN4O. The number of carbonyl (C=O) groups excluding carboxylic acids is 1. The molecule has 30 heavy (non-hydrogen) atoms. The Labute approximate surface area is 176 Å². The van der Waals surface area contributed by atoms with Crippen molar-refractivity contribution in [1.29, 1.82) is 0 Å². The molecule has 2 aromatic carbocycles. The monoisotopic (exact) mass is 404 g/mol. The first-order valence-electron chi connectivity index (χ1n) is 10.2. The van der Waals surface area contributed by atoms with Gasteiger partial charge in [0.2, 0.25) is 5.91 Å². The highest BCUT2D eigenvalue weighted by atomic mass is 19.1. The Morgan fingerprint density at radius 2 is 1.83 bits per heavy atom. The number of halogens is 1. The molecule has 0 aliphatic carbocycles. The minimum atomic E-state index is -0.288. The minimum absolute atomic E-state index is 0.0394. The second kappa shape index (κ2) is 8.61. The lowest BCUT2D eigenvalue weighted by Crippen LogP contribution is -2.41. The highest BCUT2D eigenvalue weighted by Crippen LogP contribution is 2.25. The van der Waals surface area contributed by atoms with Gasteiger partial charge in [-0.05, 0) is 80.3 Å². The van der Waals surface area contributed by atoms with Gasteiger partial charge in [0, 0.05) is 30.5 Å². The molecule has 1 N–H and O–H groups in total. The largest absolute Gasteiger partial charge is 0.356 e. The van der Waals surface area contributed by atoms with Gasteiger partial charge < -0.3 is 10.2 Å². The first-order valence-corrected chi connectivity index (χ1v) is 10.2. The fourth-order valence-corrected chi connectivity index (χ4v) is 3.95. The molecule has 0 radical (unpaired) electrons. The highest BCUT2D eigenvalue weighted by molar-refractivity contribution is 5.93. The normalized spacial score (nSPS) is 16.4. The first kappa shape index (κ1) is 20.0. The Balaban J connectivity index is 1.48. The van der Waals surface area contributed by atoms with E-state index in [0.29, 0.717) is 12.4 Å². The third-order valence-corrected chi connectivity index (χ3v) is 5.35. The summed E-state index contributed by atoms with van der Waals surface area (Å²) in [5.74, 6) is 0.979. The van der Waals surface area contributed by atoms with Crippen molar-refractivity contribution in [2.24, 2.45) is 5.92 Å². The van der Waals surface area contributed by atoms with Crippen LogP contribution >= 0.6 is 0 Å². The molecule has 1 aliphatic rings. The van der Waals surface area contributed by atoms with Crippen molar-refractivity contribution >= 4 is 17.4 Å². The molecule has 0 saturated carbocycles. The van der Waals surface area contributed by atoms with Crippen LogP contribution in [0.1, 0.15) is 24.0 Å². The van der Waals surface area contributed by atoms with E-state index in [1.54, 1.807) is 18.3 Å². The van der Waals surface area contributed by atoms with E-state index in [0.717, 1.165) is 47.6 Å². The standard InChI is InChI=1S/C24H25FN4O/c1-16-12-17(2)14-21(13-16)27-24(30)19-4-3-11-29(15-19)22-9-10-26-23(28-22)18-5-7-20(25)8-6-18/h5-10,12-14,19H,3-4,11,15H2,1-2H3,(H,27,30). The summed E-state index contributed by atoms with van der Waals surface area (Å²) < 4.78 is 13.2. The maximum Gasteiger partial charge on any atom is 0.229 e. The third kappa shape index (κ3) is 4.64. The maximum absolute atomic E-state index is 13.2. The van der Waals surface area contributed by atoms with Crippen LogP contribution in [-0.4, -0.2) is 29.0 Å². The van der Waals surface area contributed by atoms with E-state index in [1.165, 1.54) is 12.1 Å². The highest BCUT2D eigenvalue weighted by Gasteiger charge is 2.27. The quantitative estimate of drug-likeness (QED) is 0.681. The molecule has 5 nitrogen and oxygen atoms in total. The van der Waals surface area contributed by atoms with Crippen LogP contribution in [-0.2, 0) is 4.79 Å². The number of nitrogens with one attached hydrogen (secondary N) is 1. The van der Waals surface area contributed by atoms with E-state index in [4.69, 9.17) is 0 Å². The fourth-order valence-electron chi connectivity index (χ4n) is 3.95. The Hall–Kier alpha value is -3.28. The molecule has 154 valence electrons. The number of benzene rings is 2. The summed E-state index contributed by atoms with van der Waals surface area (Å²) in [6.07, 6.45) is 3.48. The molecule has 0 bridgehead atoms.